The van der Waals surface area contributed by atoms with Gasteiger partial charge in [-0.05, 0) is 86.2 Å². The minimum absolute atomic E-state index is 0.133. The number of aliphatic hydroxyl groups excluding tert-OH is 1. The molecule has 50 heavy (non-hydrogen) atoms. The van der Waals surface area contributed by atoms with Gasteiger partial charge >= 0.3 is 0 Å². The number of benzene rings is 3. The summed E-state index contributed by atoms with van der Waals surface area (Å²) in [6, 6.07) is 19.4. The number of anilines is 2. The highest BCUT2D eigenvalue weighted by Gasteiger charge is 2.79. The monoisotopic (exact) mass is 679 g/mol. The van der Waals surface area contributed by atoms with E-state index in [4.69, 9.17) is 9.47 Å². The van der Waals surface area contributed by atoms with Gasteiger partial charge in [-0.3, -0.25) is 14.4 Å². The largest absolute Gasteiger partial charge is 0.494 e. The molecule has 6 atom stereocenters. The summed E-state index contributed by atoms with van der Waals surface area (Å²) < 4.78 is 12.6. The van der Waals surface area contributed by atoms with Crippen LogP contribution in [0.2, 0.25) is 0 Å². The number of fused-ring (bicyclic) bond motifs is 2. The third-order valence-electron chi connectivity index (χ3n) is 10.7. The lowest BCUT2D eigenvalue weighted by molar-refractivity contribution is -0.148. The van der Waals surface area contributed by atoms with Gasteiger partial charge in [0.05, 0.1) is 36.7 Å². The molecule has 3 aromatic carbocycles. The van der Waals surface area contributed by atoms with Gasteiger partial charge in [-0.2, -0.15) is 0 Å². The van der Waals surface area contributed by atoms with Crippen LogP contribution in [-0.2, 0) is 19.1 Å². The quantitative estimate of drug-likeness (QED) is 0.205. The Bertz CT molecular complexity index is 1770. The van der Waals surface area contributed by atoms with Crippen molar-refractivity contribution in [2.75, 3.05) is 36.1 Å². The van der Waals surface area contributed by atoms with Crippen LogP contribution in [0.4, 0.5) is 11.4 Å². The van der Waals surface area contributed by atoms with Crippen molar-refractivity contribution in [2.24, 2.45) is 17.8 Å². The van der Waals surface area contributed by atoms with E-state index in [9.17, 15) is 14.7 Å². The lowest BCUT2D eigenvalue weighted by atomic mass is 9.66. The lowest BCUT2D eigenvalue weighted by Crippen LogP contribution is -2.59. The summed E-state index contributed by atoms with van der Waals surface area (Å²) in [7, 11) is 0. The van der Waals surface area contributed by atoms with Gasteiger partial charge in [0.2, 0.25) is 11.8 Å². The molecule has 0 saturated carbocycles. The molecule has 0 radical (unpaired) electrons. The molecule has 1 spiro atoms. The number of rotatable bonds is 14. The molecule has 1 N–H and O–H groups in total. The molecule has 3 aromatic rings. The van der Waals surface area contributed by atoms with Gasteiger partial charge in [0.15, 0.2) is 0 Å². The maximum absolute atomic E-state index is 15.2. The average molecular weight is 680 g/mol. The Morgan fingerprint density at radius 3 is 2.24 bits per heavy atom. The van der Waals surface area contributed by atoms with E-state index in [0.29, 0.717) is 43.0 Å². The van der Waals surface area contributed by atoms with E-state index in [2.05, 4.69) is 13.2 Å². The first-order valence-electron chi connectivity index (χ1n) is 17.7. The third kappa shape index (κ3) is 5.90. The average Bonchev–Trinajstić information content (AvgIpc) is 3.68. The Balaban J connectivity index is 1.45. The SMILES string of the molecule is C=CCN(C(=O)C1N([C@@H](CO)CC(C)C)C(=O)[C@@H]2[C@@H](C(=O)N(CC=C)c3ccc(OCC)cc3)[C@@]3(C)CCC12O3)c1ccc2ccccc2c1. The van der Waals surface area contributed by atoms with E-state index in [1.807, 2.05) is 94.4 Å². The number of likely N-dealkylation sites (tertiary alicyclic amines) is 1. The molecule has 3 aliphatic heterocycles. The molecule has 3 amide bonds. The Morgan fingerprint density at radius 1 is 0.980 bits per heavy atom. The smallest absolute Gasteiger partial charge is 0.253 e. The van der Waals surface area contributed by atoms with Gasteiger partial charge in [0.1, 0.15) is 17.4 Å². The summed E-state index contributed by atoms with van der Waals surface area (Å²) in [5, 5.41) is 12.8. The number of ether oxygens (including phenoxy) is 2. The van der Waals surface area contributed by atoms with Crippen LogP contribution in [0.15, 0.2) is 92.0 Å². The Hall–Kier alpha value is -4.47. The van der Waals surface area contributed by atoms with Crippen molar-refractivity contribution in [3.63, 3.8) is 0 Å². The van der Waals surface area contributed by atoms with E-state index in [-0.39, 0.29) is 43.3 Å². The van der Waals surface area contributed by atoms with Crippen LogP contribution in [0, 0.1) is 17.8 Å². The lowest BCUT2D eigenvalue weighted by Gasteiger charge is -2.40. The fourth-order valence-corrected chi connectivity index (χ4v) is 8.69. The highest BCUT2D eigenvalue weighted by Crippen LogP contribution is 2.64. The predicted molar refractivity (Wildman–Crippen MR) is 196 cm³/mol. The van der Waals surface area contributed by atoms with Crippen LogP contribution in [0.1, 0.15) is 47.0 Å². The molecule has 3 aliphatic rings. The fraction of sp³-hybridized carbons (Fsp3) is 0.439. The van der Waals surface area contributed by atoms with Crippen molar-refractivity contribution < 1.29 is 29.0 Å². The number of amides is 3. The Morgan fingerprint density at radius 2 is 1.62 bits per heavy atom. The van der Waals surface area contributed by atoms with Crippen molar-refractivity contribution >= 4 is 39.9 Å². The summed E-state index contributed by atoms with van der Waals surface area (Å²) in [6.45, 7) is 16.3. The summed E-state index contributed by atoms with van der Waals surface area (Å²) in [6.07, 6.45) is 4.75. The number of hydrogen-bond donors (Lipinski definition) is 1. The van der Waals surface area contributed by atoms with Crippen molar-refractivity contribution in [3.05, 3.63) is 92.0 Å². The van der Waals surface area contributed by atoms with Crippen LogP contribution in [0.25, 0.3) is 10.8 Å². The molecular weight excluding hydrogens is 630 g/mol. The maximum Gasteiger partial charge on any atom is 0.253 e. The van der Waals surface area contributed by atoms with Gasteiger partial charge in [-0.1, -0.05) is 56.3 Å². The number of nitrogens with zero attached hydrogens (tertiary/aromatic N) is 3. The number of hydrogen-bond acceptors (Lipinski definition) is 6. The van der Waals surface area contributed by atoms with E-state index in [1.54, 1.807) is 26.9 Å². The van der Waals surface area contributed by atoms with Gasteiger partial charge < -0.3 is 29.3 Å². The van der Waals surface area contributed by atoms with Crippen LogP contribution in [-0.4, -0.2) is 77.3 Å². The Kier molecular flexibility index (Phi) is 9.93. The zero-order chi connectivity index (χ0) is 35.8. The van der Waals surface area contributed by atoms with Crippen molar-refractivity contribution in [1.82, 2.24) is 4.90 Å². The van der Waals surface area contributed by atoms with Crippen LogP contribution < -0.4 is 14.5 Å². The fourth-order valence-electron chi connectivity index (χ4n) is 8.69. The number of carbonyl (C=O) groups excluding carboxylic acids is 3. The van der Waals surface area contributed by atoms with E-state index in [0.717, 1.165) is 10.8 Å². The molecule has 3 heterocycles. The first-order valence-corrected chi connectivity index (χ1v) is 17.7. The molecular formula is C41H49N3O6. The first-order chi connectivity index (χ1) is 24.0. The van der Waals surface area contributed by atoms with E-state index >= 15 is 4.79 Å². The van der Waals surface area contributed by atoms with Crippen LogP contribution in [0.5, 0.6) is 5.75 Å². The molecule has 0 aliphatic carbocycles. The topological polar surface area (TPSA) is 99.6 Å². The zero-order valence-corrected chi connectivity index (χ0v) is 29.6. The molecule has 2 unspecified atom stereocenters. The second-order valence-corrected chi connectivity index (χ2v) is 14.4. The molecule has 0 aromatic heterocycles. The molecule has 3 saturated heterocycles. The van der Waals surface area contributed by atoms with Gasteiger partial charge in [-0.15, -0.1) is 13.2 Å². The number of carbonyl (C=O) groups is 3. The van der Waals surface area contributed by atoms with Gasteiger partial charge in [-0.25, -0.2) is 0 Å². The molecule has 9 nitrogen and oxygen atoms in total. The molecule has 6 rings (SSSR count). The summed E-state index contributed by atoms with van der Waals surface area (Å²) in [5.74, 6) is -1.85. The maximum atomic E-state index is 15.2. The van der Waals surface area contributed by atoms with E-state index in [1.165, 1.54) is 0 Å². The van der Waals surface area contributed by atoms with Crippen LogP contribution >= 0.6 is 0 Å². The molecule has 3 fully saturated rings. The number of aliphatic hydroxyl groups is 1. The second-order valence-electron chi connectivity index (χ2n) is 14.4. The van der Waals surface area contributed by atoms with Crippen molar-refractivity contribution in [2.45, 2.75) is 70.2 Å². The van der Waals surface area contributed by atoms with Crippen molar-refractivity contribution in [1.29, 1.82) is 0 Å². The predicted octanol–water partition coefficient (Wildman–Crippen LogP) is 6.15. The molecule has 9 heteroatoms. The minimum atomic E-state index is -1.26. The van der Waals surface area contributed by atoms with Gasteiger partial charge in [0, 0.05) is 24.5 Å². The second kappa shape index (κ2) is 14.0. The summed E-state index contributed by atoms with van der Waals surface area (Å²) in [4.78, 5) is 49.9. The zero-order valence-electron chi connectivity index (χ0n) is 29.6. The highest BCUT2D eigenvalue weighted by molar-refractivity contribution is 6.07. The third-order valence-corrected chi connectivity index (χ3v) is 10.7. The van der Waals surface area contributed by atoms with E-state index < -0.39 is 35.1 Å². The normalized spacial score (nSPS) is 25.8. The molecule has 264 valence electrons. The van der Waals surface area contributed by atoms with Gasteiger partial charge in [0.25, 0.3) is 5.91 Å². The van der Waals surface area contributed by atoms with Crippen molar-refractivity contribution in [3.8, 4) is 5.75 Å². The first kappa shape index (κ1) is 35.4. The van der Waals surface area contributed by atoms with Crippen LogP contribution in [0.3, 0.4) is 0 Å². The highest BCUT2D eigenvalue weighted by atomic mass is 16.5. The summed E-state index contributed by atoms with van der Waals surface area (Å²) in [5.41, 5.74) is -0.923. The minimum Gasteiger partial charge on any atom is -0.494 e. The molecule has 2 bridgehead atoms. The summed E-state index contributed by atoms with van der Waals surface area (Å²) >= 11 is 0. The Labute approximate surface area is 295 Å². The standard InChI is InChI=1S/C41H49N3O6/c1-7-22-42(30-16-18-33(19-17-30)49-9-3)37(46)34-35-38(47)44(32(26-45)24-27(4)5)36(41(35)21-20-40(34,6)50-41)39(48)43(23-8-2)31-15-14-28-12-10-11-13-29(28)25-31/h7-8,10-19,25,27,32,34-36,45H,1-2,9,20-24,26H2,3-6H3/t32-,34+,35+,36?,40-,41?/m1/s1.